The van der Waals surface area contributed by atoms with Crippen LogP contribution >= 0.6 is 0 Å². The Bertz CT molecular complexity index is 1350. The molecule has 0 bridgehead atoms. The Morgan fingerprint density at radius 2 is 1.25 bits per heavy atom. The lowest BCUT2D eigenvalue weighted by Gasteiger charge is -2.07. The standard InChI is InChI=1S/C35H42N2O7/c1-2-3-10-33(38)43-31-16-18-32(19-17-31)44-34(39)20-13-26-11-14-30(15-12-26)41-21-8-6-4-5-7-9-22-42-35(40)27-23-28(36)25-29(37)24-27/h11-20,23-25H,2-10,21-22,36-37H2,1H3. The highest BCUT2D eigenvalue weighted by Crippen LogP contribution is 2.20. The first-order valence-electron chi connectivity index (χ1n) is 15.1. The first-order chi connectivity index (χ1) is 21.3. The zero-order valence-electron chi connectivity index (χ0n) is 25.3. The first kappa shape index (κ1) is 33.7. The lowest BCUT2D eigenvalue weighted by Crippen LogP contribution is -2.07. The van der Waals surface area contributed by atoms with E-state index in [1.54, 1.807) is 48.5 Å². The molecule has 3 rings (SSSR count). The molecule has 0 amide bonds. The SMILES string of the molecule is CCCCC(=O)Oc1ccc(OC(=O)C=Cc2ccc(OCCCCCCCCOC(=O)c3cc(N)cc(N)c3)cc2)cc1. The van der Waals surface area contributed by atoms with Crippen LogP contribution in [0.2, 0.25) is 0 Å². The highest BCUT2D eigenvalue weighted by molar-refractivity contribution is 5.91. The fraction of sp³-hybridized carbons (Fsp3) is 0.343. The van der Waals surface area contributed by atoms with Crippen molar-refractivity contribution < 1.29 is 33.3 Å². The van der Waals surface area contributed by atoms with Crippen molar-refractivity contribution >= 4 is 35.4 Å². The van der Waals surface area contributed by atoms with Crippen molar-refractivity contribution in [3.05, 3.63) is 83.9 Å². The number of unbranched alkanes of at least 4 members (excludes halogenated alkanes) is 6. The van der Waals surface area contributed by atoms with Gasteiger partial charge in [0.1, 0.15) is 17.2 Å². The number of nitrogen functional groups attached to an aromatic ring is 2. The Kier molecular flexibility index (Phi) is 14.3. The summed E-state index contributed by atoms with van der Waals surface area (Å²) in [6.07, 6.45) is 11.0. The summed E-state index contributed by atoms with van der Waals surface area (Å²) in [5.41, 5.74) is 13.5. The van der Waals surface area contributed by atoms with E-state index in [0.717, 1.165) is 62.7 Å². The van der Waals surface area contributed by atoms with Crippen LogP contribution in [-0.2, 0) is 14.3 Å². The van der Waals surface area contributed by atoms with E-state index in [4.69, 9.17) is 30.4 Å². The molecule has 0 aliphatic rings. The average Bonchev–Trinajstić information content (AvgIpc) is 3.01. The van der Waals surface area contributed by atoms with Gasteiger partial charge in [0.05, 0.1) is 18.8 Å². The van der Waals surface area contributed by atoms with Crippen molar-refractivity contribution in [2.75, 3.05) is 24.7 Å². The third-order valence-corrected chi connectivity index (χ3v) is 6.55. The molecule has 0 aliphatic heterocycles. The van der Waals surface area contributed by atoms with Gasteiger partial charge >= 0.3 is 17.9 Å². The minimum Gasteiger partial charge on any atom is -0.494 e. The van der Waals surface area contributed by atoms with Gasteiger partial charge in [-0.15, -0.1) is 0 Å². The summed E-state index contributed by atoms with van der Waals surface area (Å²) in [4.78, 5) is 36.0. The summed E-state index contributed by atoms with van der Waals surface area (Å²) < 4.78 is 21.7. The van der Waals surface area contributed by atoms with E-state index in [9.17, 15) is 14.4 Å². The van der Waals surface area contributed by atoms with E-state index >= 15 is 0 Å². The molecule has 0 heterocycles. The topological polar surface area (TPSA) is 140 Å². The van der Waals surface area contributed by atoms with E-state index in [1.165, 1.54) is 6.08 Å². The zero-order chi connectivity index (χ0) is 31.6. The van der Waals surface area contributed by atoms with Gasteiger partial charge in [0.25, 0.3) is 0 Å². The first-order valence-corrected chi connectivity index (χ1v) is 15.1. The number of rotatable bonds is 18. The number of carbonyl (C=O) groups excluding carboxylic acids is 3. The minimum absolute atomic E-state index is 0.278. The van der Waals surface area contributed by atoms with Gasteiger partial charge in [0.15, 0.2) is 0 Å². The minimum atomic E-state index is -0.512. The largest absolute Gasteiger partial charge is 0.494 e. The average molecular weight is 603 g/mol. The maximum absolute atomic E-state index is 12.2. The van der Waals surface area contributed by atoms with Crippen molar-refractivity contribution in [1.29, 1.82) is 0 Å². The second kappa shape index (κ2) is 18.7. The molecular formula is C35H42N2O7. The lowest BCUT2D eigenvalue weighted by molar-refractivity contribution is -0.134. The zero-order valence-corrected chi connectivity index (χ0v) is 25.3. The molecule has 4 N–H and O–H groups in total. The van der Waals surface area contributed by atoms with Crippen LogP contribution in [0.5, 0.6) is 17.2 Å². The van der Waals surface area contributed by atoms with Gasteiger partial charge in [-0.1, -0.05) is 51.2 Å². The molecule has 0 unspecified atom stereocenters. The summed E-state index contributed by atoms with van der Waals surface area (Å²) in [6.45, 7) is 3.01. The molecule has 9 heteroatoms. The highest BCUT2D eigenvalue weighted by Gasteiger charge is 2.09. The molecule has 44 heavy (non-hydrogen) atoms. The molecule has 9 nitrogen and oxygen atoms in total. The van der Waals surface area contributed by atoms with Gasteiger partial charge in [0, 0.05) is 23.9 Å². The monoisotopic (exact) mass is 602 g/mol. The van der Waals surface area contributed by atoms with Crippen molar-refractivity contribution in [2.45, 2.75) is 64.7 Å². The molecule has 0 aromatic heterocycles. The number of ether oxygens (including phenoxy) is 4. The molecule has 3 aromatic rings. The molecule has 0 saturated heterocycles. The second-order valence-corrected chi connectivity index (χ2v) is 10.4. The number of anilines is 2. The third kappa shape index (κ3) is 13.0. The van der Waals surface area contributed by atoms with Crippen LogP contribution in [0.1, 0.15) is 80.6 Å². The summed E-state index contributed by atoms with van der Waals surface area (Å²) in [6, 6.07) is 18.6. The van der Waals surface area contributed by atoms with E-state index in [-0.39, 0.29) is 5.97 Å². The van der Waals surface area contributed by atoms with Gasteiger partial charge in [0.2, 0.25) is 0 Å². The summed E-state index contributed by atoms with van der Waals surface area (Å²) in [7, 11) is 0. The maximum Gasteiger partial charge on any atom is 0.338 e. The summed E-state index contributed by atoms with van der Waals surface area (Å²) in [5, 5.41) is 0. The van der Waals surface area contributed by atoms with Gasteiger partial charge in [-0.3, -0.25) is 4.79 Å². The Balaban J connectivity index is 1.23. The number of carbonyl (C=O) groups is 3. The Hall–Kier alpha value is -4.79. The number of nitrogens with two attached hydrogens (primary N) is 2. The normalized spacial score (nSPS) is 10.8. The number of hydrogen-bond acceptors (Lipinski definition) is 9. The maximum atomic E-state index is 12.2. The quantitative estimate of drug-likeness (QED) is 0.0511. The Morgan fingerprint density at radius 1 is 0.682 bits per heavy atom. The number of hydrogen-bond donors (Lipinski definition) is 2. The fourth-order valence-electron chi connectivity index (χ4n) is 4.21. The van der Waals surface area contributed by atoms with Crippen LogP contribution in [0, 0.1) is 0 Å². The predicted octanol–water partition coefficient (Wildman–Crippen LogP) is 7.14. The molecular weight excluding hydrogens is 560 g/mol. The van der Waals surface area contributed by atoms with E-state index < -0.39 is 11.9 Å². The van der Waals surface area contributed by atoms with E-state index in [1.807, 2.05) is 31.2 Å². The van der Waals surface area contributed by atoms with Crippen molar-refractivity contribution in [3.63, 3.8) is 0 Å². The van der Waals surface area contributed by atoms with Crippen LogP contribution in [-0.4, -0.2) is 31.1 Å². The van der Waals surface area contributed by atoms with E-state index in [0.29, 0.717) is 48.1 Å². The Labute approximate surface area is 259 Å². The smallest absolute Gasteiger partial charge is 0.338 e. The van der Waals surface area contributed by atoms with E-state index in [2.05, 4.69) is 0 Å². The summed E-state index contributed by atoms with van der Waals surface area (Å²) >= 11 is 0. The molecule has 0 atom stereocenters. The van der Waals surface area contributed by atoms with Crippen LogP contribution in [0.25, 0.3) is 6.08 Å². The summed E-state index contributed by atoms with van der Waals surface area (Å²) in [5.74, 6) is 0.346. The van der Waals surface area contributed by atoms with Gasteiger partial charge in [-0.25, -0.2) is 9.59 Å². The highest BCUT2D eigenvalue weighted by atomic mass is 16.5. The molecule has 0 radical (unpaired) electrons. The van der Waals surface area contributed by atoms with Crippen LogP contribution in [0.15, 0.2) is 72.8 Å². The van der Waals surface area contributed by atoms with Crippen molar-refractivity contribution in [3.8, 4) is 17.2 Å². The lowest BCUT2D eigenvalue weighted by atomic mass is 10.1. The molecule has 0 spiro atoms. The van der Waals surface area contributed by atoms with Crippen LogP contribution in [0.4, 0.5) is 11.4 Å². The molecule has 3 aromatic carbocycles. The van der Waals surface area contributed by atoms with Crippen molar-refractivity contribution in [2.24, 2.45) is 0 Å². The van der Waals surface area contributed by atoms with Gasteiger partial charge in [-0.2, -0.15) is 0 Å². The van der Waals surface area contributed by atoms with Crippen molar-refractivity contribution in [1.82, 2.24) is 0 Å². The van der Waals surface area contributed by atoms with Gasteiger partial charge < -0.3 is 30.4 Å². The fourth-order valence-corrected chi connectivity index (χ4v) is 4.21. The second-order valence-electron chi connectivity index (χ2n) is 10.4. The molecule has 0 saturated carbocycles. The van der Waals surface area contributed by atoms with Crippen LogP contribution < -0.4 is 25.7 Å². The molecule has 234 valence electrons. The number of benzene rings is 3. The third-order valence-electron chi connectivity index (χ3n) is 6.55. The molecule has 0 fully saturated rings. The molecule has 0 aliphatic carbocycles. The Morgan fingerprint density at radius 3 is 1.89 bits per heavy atom. The van der Waals surface area contributed by atoms with Gasteiger partial charge in [-0.05, 0) is 85.5 Å². The number of esters is 3. The predicted molar refractivity (Wildman–Crippen MR) is 171 cm³/mol. The van der Waals surface area contributed by atoms with Crippen LogP contribution in [0.3, 0.4) is 0 Å².